The molecule has 25 heavy (non-hydrogen) atoms. The van der Waals surface area contributed by atoms with E-state index in [1.165, 1.54) is 18.9 Å². The van der Waals surface area contributed by atoms with E-state index in [0.29, 0.717) is 0 Å². The summed E-state index contributed by atoms with van der Waals surface area (Å²) in [6, 6.07) is 0. The van der Waals surface area contributed by atoms with Crippen molar-refractivity contribution in [3.8, 4) is 0 Å². The van der Waals surface area contributed by atoms with Gasteiger partial charge in [-0.05, 0) is 25.7 Å². The van der Waals surface area contributed by atoms with Crippen molar-refractivity contribution in [1.82, 2.24) is 0 Å². The van der Waals surface area contributed by atoms with Gasteiger partial charge in [0, 0.05) is 6.08 Å². The van der Waals surface area contributed by atoms with Crippen molar-refractivity contribution >= 4 is 5.97 Å². The molecule has 0 aliphatic heterocycles. The van der Waals surface area contributed by atoms with E-state index in [4.69, 9.17) is 15.3 Å². The van der Waals surface area contributed by atoms with Crippen LogP contribution < -0.4 is 0 Å². The molecule has 0 aromatic carbocycles. The summed E-state index contributed by atoms with van der Waals surface area (Å²) < 4.78 is 0. The molecule has 0 heterocycles. The van der Waals surface area contributed by atoms with Gasteiger partial charge in [-0.2, -0.15) is 0 Å². The summed E-state index contributed by atoms with van der Waals surface area (Å²) >= 11 is 0. The van der Waals surface area contributed by atoms with Crippen molar-refractivity contribution < 1.29 is 25.1 Å². The van der Waals surface area contributed by atoms with Crippen molar-refractivity contribution in [2.75, 3.05) is 0 Å². The molecule has 1 atom stereocenters. The molecule has 0 aliphatic carbocycles. The van der Waals surface area contributed by atoms with E-state index in [1.54, 1.807) is 12.2 Å². The second-order valence-corrected chi connectivity index (χ2v) is 5.82. The average molecular weight is 352 g/mol. The quantitative estimate of drug-likeness (QED) is 0.124. The van der Waals surface area contributed by atoms with E-state index in [2.05, 4.69) is 18.0 Å². The van der Waals surface area contributed by atoms with Gasteiger partial charge in [0.2, 0.25) is 0 Å². The van der Waals surface area contributed by atoms with Crippen LogP contribution in [0, 0.1) is 0 Å². The smallest absolute Gasteiger partial charge is 0.328 e. The molecule has 0 amide bonds. The maximum absolute atomic E-state index is 10.2. The molecule has 0 aromatic heterocycles. The van der Waals surface area contributed by atoms with Gasteiger partial charge in [0.15, 0.2) is 0 Å². The topological polar surface area (TPSA) is 76.0 Å². The third kappa shape index (κ3) is 18.5. The van der Waals surface area contributed by atoms with E-state index >= 15 is 0 Å². The molecule has 5 nitrogen and oxygen atoms in total. The minimum absolute atomic E-state index is 0.0167. The third-order valence-corrected chi connectivity index (χ3v) is 3.64. The van der Waals surface area contributed by atoms with Crippen LogP contribution in [0.25, 0.3) is 0 Å². The van der Waals surface area contributed by atoms with E-state index in [0.717, 1.165) is 51.0 Å². The molecule has 0 fully saturated rings. The van der Waals surface area contributed by atoms with Crippen molar-refractivity contribution in [3.63, 3.8) is 0 Å². The summed E-state index contributed by atoms with van der Waals surface area (Å²) in [6.45, 7) is 2.16. The number of carboxylic acid groups (broad SMARTS) is 1. The minimum Gasteiger partial charge on any atom is -0.478 e. The van der Waals surface area contributed by atoms with Gasteiger partial charge in [-0.25, -0.2) is 14.9 Å². The molecule has 0 aromatic rings. The summed E-state index contributed by atoms with van der Waals surface area (Å²) in [7, 11) is 0. The fraction of sp³-hybridized carbons (Fsp3) is 0.550. The Labute approximate surface area is 151 Å². The Morgan fingerprint density at radius 2 is 1.56 bits per heavy atom. The molecule has 0 unspecified atom stereocenters. The lowest BCUT2D eigenvalue weighted by Crippen LogP contribution is -2.12. The SMILES string of the molecule is CCCCC[C@@H](CCCCCC=CC=CC=CC=CC(=O)O)OOO. The second kappa shape index (κ2) is 18.6. The zero-order chi connectivity index (χ0) is 18.6. The van der Waals surface area contributed by atoms with Crippen molar-refractivity contribution in [1.29, 1.82) is 0 Å². The fourth-order valence-electron chi connectivity index (χ4n) is 2.30. The largest absolute Gasteiger partial charge is 0.478 e. The molecule has 0 bridgehead atoms. The zero-order valence-corrected chi connectivity index (χ0v) is 15.2. The van der Waals surface area contributed by atoms with Gasteiger partial charge in [0.1, 0.15) is 0 Å². The molecule has 0 saturated heterocycles. The minimum atomic E-state index is -0.948. The molecule has 142 valence electrons. The molecule has 2 N–H and O–H groups in total. The zero-order valence-electron chi connectivity index (χ0n) is 15.2. The predicted molar refractivity (Wildman–Crippen MR) is 100 cm³/mol. The highest BCUT2D eigenvalue weighted by Crippen LogP contribution is 2.15. The molecule has 5 heteroatoms. The molecular weight excluding hydrogens is 320 g/mol. The van der Waals surface area contributed by atoms with Crippen LogP contribution in [0.2, 0.25) is 0 Å². The predicted octanol–water partition coefficient (Wildman–Crippen LogP) is 5.62. The number of carboxylic acids is 1. The van der Waals surface area contributed by atoms with Crippen LogP contribution in [0.15, 0.2) is 48.6 Å². The number of hydrogen-bond acceptors (Lipinski definition) is 4. The number of rotatable bonds is 16. The Morgan fingerprint density at radius 1 is 0.920 bits per heavy atom. The highest BCUT2D eigenvalue weighted by atomic mass is 17.5. The molecule has 0 aliphatic rings. The Balaban J connectivity index is 3.67. The number of carbonyl (C=O) groups is 1. The van der Waals surface area contributed by atoms with E-state index in [-0.39, 0.29) is 6.10 Å². The van der Waals surface area contributed by atoms with Crippen molar-refractivity contribution in [3.05, 3.63) is 48.6 Å². The summed E-state index contributed by atoms with van der Waals surface area (Å²) in [5.41, 5.74) is 0. The lowest BCUT2D eigenvalue weighted by molar-refractivity contribution is -0.507. The van der Waals surface area contributed by atoms with Crippen LogP contribution in [-0.2, 0) is 14.7 Å². The van der Waals surface area contributed by atoms with Gasteiger partial charge >= 0.3 is 5.97 Å². The highest BCUT2D eigenvalue weighted by Gasteiger charge is 2.09. The van der Waals surface area contributed by atoms with Gasteiger partial charge < -0.3 is 5.11 Å². The van der Waals surface area contributed by atoms with Crippen LogP contribution in [-0.4, -0.2) is 22.4 Å². The Bertz CT molecular complexity index is 424. The third-order valence-electron chi connectivity index (χ3n) is 3.64. The first-order valence-corrected chi connectivity index (χ1v) is 9.07. The van der Waals surface area contributed by atoms with Gasteiger partial charge in [-0.3, -0.25) is 0 Å². The standard InChI is InChI=1S/C20H32O5/c1-2-3-13-16-19(24-25-23)17-14-11-9-7-5-4-6-8-10-12-15-18-20(21)22/h4-6,8,10,12,15,18-19,23H,2-3,7,9,11,13-14,16-17H2,1H3,(H,21,22)/t19-/m0/s1. The first-order valence-electron chi connectivity index (χ1n) is 9.07. The average Bonchev–Trinajstić information content (AvgIpc) is 2.58. The van der Waals surface area contributed by atoms with Crippen molar-refractivity contribution in [2.24, 2.45) is 0 Å². The van der Waals surface area contributed by atoms with Gasteiger partial charge in [-0.1, -0.05) is 86.6 Å². The van der Waals surface area contributed by atoms with Gasteiger partial charge in [0.25, 0.3) is 0 Å². The summed E-state index contributed by atoms with van der Waals surface area (Å²) in [5.74, 6) is -0.948. The molecule has 0 spiro atoms. The summed E-state index contributed by atoms with van der Waals surface area (Å²) in [4.78, 5) is 15.1. The molecule has 0 saturated carbocycles. The molecule has 0 rings (SSSR count). The summed E-state index contributed by atoms with van der Waals surface area (Å²) in [5, 5.41) is 20.7. The number of unbranched alkanes of at least 4 members (excludes halogenated alkanes) is 5. The first-order chi connectivity index (χ1) is 12.2. The van der Waals surface area contributed by atoms with Gasteiger partial charge in [-0.15, -0.1) is 0 Å². The van der Waals surface area contributed by atoms with E-state index < -0.39 is 5.97 Å². The first kappa shape index (κ1) is 23.3. The Morgan fingerprint density at radius 3 is 2.20 bits per heavy atom. The normalized spacial score (nSPS) is 13.7. The Kier molecular flexibility index (Phi) is 17.4. The number of hydrogen-bond donors (Lipinski definition) is 2. The molecular formula is C20H32O5. The van der Waals surface area contributed by atoms with Gasteiger partial charge in [0.05, 0.1) is 6.10 Å². The maximum atomic E-state index is 10.2. The van der Waals surface area contributed by atoms with E-state index in [1.807, 2.05) is 18.2 Å². The second-order valence-electron chi connectivity index (χ2n) is 5.82. The number of aliphatic carboxylic acids is 1. The fourth-order valence-corrected chi connectivity index (χ4v) is 2.30. The van der Waals surface area contributed by atoms with Crippen LogP contribution in [0.4, 0.5) is 0 Å². The summed E-state index contributed by atoms with van der Waals surface area (Å²) in [6.07, 6.45) is 23.5. The lowest BCUT2D eigenvalue weighted by Gasteiger charge is -2.13. The van der Waals surface area contributed by atoms with Crippen LogP contribution >= 0.6 is 0 Å². The van der Waals surface area contributed by atoms with Crippen molar-refractivity contribution in [2.45, 2.75) is 70.8 Å². The monoisotopic (exact) mass is 352 g/mol. The molecule has 0 radical (unpaired) electrons. The lowest BCUT2D eigenvalue weighted by atomic mass is 10.0. The Hall–Kier alpha value is -1.69. The van der Waals surface area contributed by atoms with Crippen LogP contribution in [0.3, 0.4) is 0 Å². The van der Waals surface area contributed by atoms with Crippen LogP contribution in [0.1, 0.15) is 64.7 Å². The van der Waals surface area contributed by atoms with E-state index in [9.17, 15) is 4.79 Å². The highest BCUT2D eigenvalue weighted by molar-refractivity contribution is 5.80. The number of allylic oxidation sites excluding steroid dienone is 7. The maximum Gasteiger partial charge on any atom is 0.328 e. The van der Waals surface area contributed by atoms with Crippen LogP contribution in [0.5, 0.6) is 0 Å².